The van der Waals surface area contributed by atoms with Gasteiger partial charge < -0.3 is 19.9 Å². The highest BCUT2D eigenvalue weighted by atomic mass is 16.5. The molecular formula is C11H21NO4. The summed E-state index contributed by atoms with van der Waals surface area (Å²) in [6.45, 7) is 0.934. The molecule has 5 heteroatoms. The smallest absolute Gasteiger partial charge is 0.246 e. The number of nitrogens with one attached hydrogen (secondary N) is 1. The molecule has 0 aromatic carbocycles. The largest absolute Gasteiger partial charge is 0.391 e. The lowest BCUT2D eigenvalue weighted by atomic mass is 9.92. The maximum absolute atomic E-state index is 11.4. The number of aliphatic hydroxyl groups excluding tert-OH is 1. The van der Waals surface area contributed by atoms with Crippen LogP contribution in [0.4, 0.5) is 0 Å². The Morgan fingerprint density at radius 2 is 2.12 bits per heavy atom. The Hall–Kier alpha value is -0.650. The molecular weight excluding hydrogens is 210 g/mol. The van der Waals surface area contributed by atoms with Crippen LogP contribution in [0.15, 0.2) is 0 Å². The third-order valence-corrected chi connectivity index (χ3v) is 2.74. The molecule has 0 aliphatic heterocycles. The van der Waals surface area contributed by atoms with Gasteiger partial charge in [0, 0.05) is 7.11 Å². The van der Waals surface area contributed by atoms with E-state index in [-0.39, 0.29) is 18.6 Å². The van der Waals surface area contributed by atoms with Crippen molar-refractivity contribution in [2.75, 3.05) is 26.9 Å². The fourth-order valence-electron chi connectivity index (χ4n) is 1.84. The quantitative estimate of drug-likeness (QED) is 0.635. The minimum Gasteiger partial charge on any atom is -0.391 e. The molecule has 1 rings (SSSR count). The van der Waals surface area contributed by atoms with Gasteiger partial charge >= 0.3 is 0 Å². The van der Waals surface area contributed by atoms with Crippen LogP contribution in [0.2, 0.25) is 0 Å². The molecule has 0 bridgehead atoms. The Bertz CT molecular complexity index is 210. The number of carbonyl (C=O) groups is 1. The molecule has 1 amide bonds. The maximum Gasteiger partial charge on any atom is 0.246 e. The van der Waals surface area contributed by atoms with Crippen molar-refractivity contribution in [1.29, 1.82) is 0 Å². The van der Waals surface area contributed by atoms with Gasteiger partial charge in [-0.2, -0.15) is 0 Å². The number of rotatable bonds is 6. The number of methoxy groups -OCH3 is 1. The van der Waals surface area contributed by atoms with Crippen LogP contribution in [0.5, 0.6) is 0 Å². The molecule has 0 radical (unpaired) electrons. The summed E-state index contributed by atoms with van der Waals surface area (Å²) < 4.78 is 9.89. The Morgan fingerprint density at radius 1 is 1.38 bits per heavy atom. The van der Waals surface area contributed by atoms with Gasteiger partial charge in [0.15, 0.2) is 0 Å². The number of amides is 1. The van der Waals surface area contributed by atoms with Crippen LogP contribution >= 0.6 is 0 Å². The van der Waals surface area contributed by atoms with Crippen molar-refractivity contribution in [2.24, 2.45) is 0 Å². The number of carbonyl (C=O) groups excluding carboxylic acids is 1. The Kier molecular flexibility index (Phi) is 6.37. The van der Waals surface area contributed by atoms with Crippen LogP contribution in [0.25, 0.3) is 0 Å². The zero-order chi connectivity index (χ0) is 11.8. The molecule has 0 heterocycles. The molecule has 0 aromatic heterocycles. The van der Waals surface area contributed by atoms with E-state index < -0.39 is 6.10 Å². The first-order valence-electron chi connectivity index (χ1n) is 5.78. The predicted octanol–water partition coefficient (Wildman–Crippen LogP) is 0.0691. The second-order valence-electron chi connectivity index (χ2n) is 4.07. The first-order valence-corrected chi connectivity index (χ1v) is 5.78. The van der Waals surface area contributed by atoms with E-state index in [2.05, 4.69) is 5.32 Å². The molecule has 1 aliphatic rings. The minimum atomic E-state index is -0.406. The molecule has 5 nitrogen and oxygen atoms in total. The number of hydrogen-bond acceptors (Lipinski definition) is 4. The van der Waals surface area contributed by atoms with E-state index in [0.717, 1.165) is 25.7 Å². The van der Waals surface area contributed by atoms with E-state index >= 15 is 0 Å². The Morgan fingerprint density at radius 3 is 2.81 bits per heavy atom. The van der Waals surface area contributed by atoms with Crippen molar-refractivity contribution in [1.82, 2.24) is 5.32 Å². The van der Waals surface area contributed by atoms with Gasteiger partial charge in [-0.15, -0.1) is 0 Å². The van der Waals surface area contributed by atoms with Crippen molar-refractivity contribution in [3.05, 3.63) is 0 Å². The summed E-state index contributed by atoms with van der Waals surface area (Å²) in [5.74, 6) is -0.165. The molecule has 2 N–H and O–H groups in total. The summed E-state index contributed by atoms with van der Waals surface area (Å²) in [7, 11) is 1.59. The van der Waals surface area contributed by atoms with Gasteiger partial charge in [0.05, 0.1) is 25.4 Å². The van der Waals surface area contributed by atoms with Crippen molar-refractivity contribution >= 4 is 5.91 Å². The topological polar surface area (TPSA) is 67.8 Å². The fourth-order valence-corrected chi connectivity index (χ4v) is 1.84. The summed E-state index contributed by atoms with van der Waals surface area (Å²) >= 11 is 0. The SMILES string of the molecule is COCCOCC(=O)N[C@H]1CCCC[C@@H]1O. The lowest BCUT2D eigenvalue weighted by Gasteiger charge is -2.28. The molecule has 0 aromatic rings. The molecule has 1 fully saturated rings. The second-order valence-corrected chi connectivity index (χ2v) is 4.07. The van der Waals surface area contributed by atoms with E-state index in [9.17, 15) is 9.90 Å². The summed E-state index contributed by atoms with van der Waals surface area (Å²) in [6.07, 6.45) is 3.32. The summed E-state index contributed by atoms with van der Waals surface area (Å²) in [5.41, 5.74) is 0. The minimum absolute atomic E-state index is 0.0343. The Balaban J connectivity index is 2.12. The lowest BCUT2D eigenvalue weighted by Crippen LogP contribution is -2.46. The molecule has 1 saturated carbocycles. The highest BCUT2D eigenvalue weighted by Gasteiger charge is 2.24. The molecule has 0 saturated heterocycles. The number of hydrogen-bond donors (Lipinski definition) is 2. The zero-order valence-electron chi connectivity index (χ0n) is 9.78. The Labute approximate surface area is 96.1 Å². The van der Waals surface area contributed by atoms with Crippen molar-refractivity contribution in [3.63, 3.8) is 0 Å². The first-order chi connectivity index (χ1) is 7.74. The van der Waals surface area contributed by atoms with E-state index in [1.54, 1.807) is 7.11 Å². The van der Waals surface area contributed by atoms with Gasteiger partial charge in [-0.25, -0.2) is 0 Å². The average Bonchev–Trinajstić information content (AvgIpc) is 2.28. The number of aliphatic hydroxyl groups is 1. The van der Waals surface area contributed by atoms with Crippen molar-refractivity contribution in [3.8, 4) is 0 Å². The van der Waals surface area contributed by atoms with Crippen molar-refractivity contribution < 1.29 is 19.4 Å². The third kappa shape index (κ3) is 4.92. The van der Waals surface area contributed by atoms with E-state index in [1.165, 1.54) is 0 Å². The summed E-state index contributed by atoms with van der Waals surface area (Å²) in [5, 5.41) is 12.4. The van der Waals surface area contributed by atoms with Crippen LogP contribution < -0.4 is 5.32 Å². The number of ether oxygens (including phenoxy) is 2. The van der Waals surface area contributed by atoms with E-state index in [0.29, 0.717) is 13.2 Å². The van der Waals surface area contributed by atoms with E-state index in [1.807, 2.05) is 0 Å². The van der Waals surface area contributed by atoms with Crippen LogP contribution in [0, 0.1) is 0 Å². The molecule has 94 valence electrons. The monoisotopic (exact) mass is 231 g/mol. The van der Waals surface area contributed by atoms with Gasteiger partial charge in [-0.3, -0.25) is 4.79 Å². The predicted molar refractivity (Wildman–Crippen MR) is 59.1 cm³/mol. The third-order valence-electron chi connectivity index (χ3n) is 2.74. The molecule has 0 unspecified atom stereocenters. The lowest BCUT2D eigenvalue weighted by molar-refractivity contribution is -0.128. The standard InChI is InChI=1S/C11H21NO4/c1-15-6-7-16-8-11(14)12-9-4-2-3-5-10(9)13/h9-10,13H,2-8H2,1H3,(H,12,14)/t9-,10-/m0/s1. The van der Waals surface area contributed by atoms with Gasteiger partial charge in [0.1, 0.15) is 6.61 Å². The zero-order valence-corrected chi connectivity index (χ0v) is 9.78. The van der Waals surface area contributed by atoms with Crippen LogP contribution in [-0.2, 0) is 14.3 Å². The normalized spacial score (nSPS) is 25.4. The molecule has 0 spiro atoms. The van der Waals surface area contributed by atoms with Gasteiger partial charge in [-0.05, 0) is 12.8 Å². The van der Waals surface area contributed by atoms with Gasteiger partial charge in [0.2, 0.25) is 5.91 Å². The average molecular weight is 231 g/mol. The van der Waals surface area contributed by atoms with Crippen molar-refractivity contribution in [2.45, 2.75) is 37.8 Å². The first kappa shape index (κ1) is 13.4. The van der Waals surface area contributed by atoms with Crippen LogP contribution in [-0.4, -0.2) is 50.1 Å². The maximum atomic E-state index is 11.4. The second kappa shape index (κ2) is 7.60. The molecule has 16 heavy (non-hydrogen) atoms. The van der Waals surface area contributed by atoms with Crippen LogP contribution in [0.1, 0.15) is 25.7 Å². The van der Waals surface area contributed by atoms with Gasteiger partial charge in [0.25, 0.3) is 0 Å². The van der Waals surface area contributed by atoms with E-state index in [4.69, 9.17) is 9.47 Å². The highest BCUT2D eigenvalue weighted by Crippen LogP contribution is 2.18. The van der Waals surface area contributed by atoms with Gasteiger partial charge in [-0.1, -0.05) is 12.8 Å². The van der Waals surface area contributed by atoms with Crippen LogP contribution in [0.3, 0.4) is 0 Å². The highest BCUT2D eigenvalue weighted by molar-refractivity contribution is 5.77. The molecule has 1 aliphatic carbocycles. The summed E-state index contributed by atoms with van der Waals surface area (Å²) in [6, 6.07) is -0.104. The fraction of sp³-hybridized carbons (Fsp3) is 0.909. The molecule has 2 atom stereocenters. The summed E-state index contributed by atoms with van der Waals surface area (Å²) in [4.78, 5) is 11.4.